The van der Waals surface area contributed by atoms with Crippen LogP contribution in [0.2, 0.25) is 0 Å². The molecule has 0 radical (unpaired) electrons. The van der Waals surface area contributed by atoms with Gasteiger partial charge in [-0.15, -0.1) is 0 Å². The predicted octanol–water partition coefficient (Wildman–Crippen LogP) is 3.10. The van der Waals surface area contributed by atoms with Gasteiger partial charge in [0.25, 0.3) is 0 Å². The first-order chi connectivity index (χ1) is 8.74. The molecule has 18 heavy (non-hydrogen) atoms. The van der Waals surface area contributed by atoms with Crippen LogP contribution >= 0.6 is 0 Å². The summed E-state index contributed by atoms with van der Waals surface area (Å²) in [6, 6.07) is 10.3. The number of aryl methyl sites for hydroxylation is 2. The van der Waals surface area contributed by atoms with E-state index < -0.39 is 0 Å². The Bertz CT molecular complexity index is 684. The van der Waals surface area contributed by atoms with Crippen molar-refractivity contribution in [2.75, 3.05) is 0 Å². The molecule has 3 aromatic rings. The number of aromatic nitrogens is 3. The Morgan fingerprint density at radius 2 is 1.89 bits per heavy atom. The van der Waals surface area contributed by atoms with Crippen LogP contribution in [0.1, 0.15) is 16.8 Å². The van der Waals surface area contributed by atoms with Gasteiger partial charge in [-0.05, 0) is 49.2 Å². The molecule has 90 valence electrons. The van der Waals surface area contributed by atoms with Gasteiger partial charge in [-0.25, -0.2) is 4.98 Å². The number of fused-ring (bicyclic) bond motifs is 1. The maximum atomic E-state index is 4.45. The van der Waals surface area contributed by atoms with E-state index in [0.717, 1.165) is 17.8 Å². The molecule has 0 saturated heterocycles. The summed E-state index contributed by atoms with van der Waals surface area (Å²) in [5, 5.41) is 0. The highest BCUT2D eigenvalue weighted by atomic mass is 15.0. The third-order valence-electron chi connectivity index (χ3n) is 3.30. The fraction of sp³-hybridized carbons (Fsp3) is 0.200. The summed E-state index contributed by atoms with van der Waals surface area (Å²) in [5.41, 5.74) is 5.85. The molecule has 2 heterocycles. The highest BCUT2D eigenvalue weighted by molar-refractivity contribution is 5.77. The predicted molar refractivity (Wildman–Crippen MR) is 72.5 cm³/mol. The minimum Gasteiger partial charge on any atom is -0.324 e. The van der Waals surface area contributed by atoms with Crippen LogP contribution in [0.25, 0.3) is 11.0 Å². The second-order valence-corrected chi connectivity index (χ2v) is 4.62. The van der Waals surface area contributed by atoms with E-state index in [0.29, 0.717) is 0 Å². The molecule has 0 spiro atoms. The zero-order valence-electron chi connectivity index (χ0n) is 10.6. The van der Waals surface area contributed by atoms with E-state index in [1.54, 1.807) is 0 Å². The molecular formula is C15H15N3. The molecule has 3 heteroatoms. The van der Waals surface area contributed by atoms with Crippen molar-refractivity contribution in [3.63, 3.8) is 0 Å². The van der Waals surface area contributed by atoms with Gasteiger partial charge in [-0.2, -0.15) is 0 Å². The first-order valence-corrected chi connectivity index (χ1v) is 6.06. The third kappa shape index (κ3) is 1.88. The molecule has 1 aromatic carbocycles. The molecule has 0 aliphatic rings. The van der Waals surface area contributed by atoms with Crippen LogP contribution in [0.15, 0.2) is 42.9 Å². The van der Waals surface area contributed by atoms with Crippen molar-refractivity contribution in [3.8, 4) is 0 Å². The molecule has 0 atom stereocenters. The Kier molecular flexibility index (Phi) is 2.59. The highest BCUT2D eigenvalue weighted by Gasteiger charge is 2.05. The summed E-state index contributed by atoms with van der Waals surface area (Å²) in [6.45, 7) is 5.01. The van der Waals surface area contributed by atoms with Gasteiger partial charge in [0.1, 0.15) is 0 Å². The van der Waals surface area contributed by atoms with Crippen molar-refractivity contribution >= 4 is 11.0 Å². The maximum absolute atomic E-state index is 4.45. The highest BCUT2D eigenvalue weighted by Crippen LogP contribution is 2.18. The zero-order chi connectivity index (χ0) is 12.5. The molecule has 3 rings (SSSR count). The Labute approximate surface area is 106 Å². The van der Waals surface area contributed by atoms with Gasteiger partial charge in [0.05, 0.1) is 29.6 Å². The van der Waals surface area contributed by atoms with Crippen molar-refractivity contribution in [2.45, 2.75) is 20.4 Å². The topological polar surface area (TPSA) is 30.7 Å². The van der Waals surface area contributed by atoms with Gasteiger partial charge in [-0.3, -0.25) is 4.98 Å². The fourth-order valence-electron chi connectivity index (χ4n) is 2.11. The van der Waals surface area contributed by atoms with Crippen LogP contribution in [0, 0.1) is 13.8 Å². The second-order valence-electron chi connectivity index (χ2n) is 4.62. The van der Waals surface area contributed by atoms with E-state index in [9.17, 15) is 0 Å². The first-order valence-electron chi connectivity index (χ1n) is 6.06. The van der Waals surface area contributed by atoms with Crippen molar-refractivity contribution in [2.24, 2.45) is 0 Å². The van der Waals surface area contributed by atoms with E-state index in [1.165, 1.54) is 16.6 Å². The normalized spacial score (nSPS) is 11.0. The lowest BCUT2D eigenvalue weighted by molar-refractivity contribution is 0.797. The van der Waals surface area contributed by atoms with Crippen molar-refractivity contribution in [3.05, 3.63) is 59.7 Å². The lowest BCUT2D eigenvalue weighted by atomic mass is 10.1. The van der Waals surface area contributed by atoms with E-state index in [-0.39, 0.29) is 0 Å². The molecule has 2 aromatic heterocycles. The van der Waals surface area contributed by atoms with Crippen LogP contribution in [0.5, 0.6) is 0 Å². The maximum Gasteiger partial charge on any atom is 0.0962 e. The fourth-order valence-corrected chi connectivity index (χ4v) is 2.11. The number of pyridine rings is 1. The van der Waals surface area contributed by atoms with Gasteiger partial charge >= 0.3 is 0 Å². The number of rotatable bonds is 2. The molecule has 0 amide bonds. The van der Waals surface area contributed by atoms with E-state index in [2.05, 4.69) is 40.5 Å². The number of nitrogens with zero attached hydrogens (tertiary/aromatic N) is 3. The summed E-state index contributed by atoms with van der Waals surface area (Å²) >= 11 is 0. The van der Waals surface area contributed by atoms with Gasteiger partial charge in [0.15, 0.2) is 0 Å². The van der Waals surface area contributed by atoms with Crippen LogP contribution in [0.4, 0.5) is 0 Å². The second kappa shape index (κ2) is 4.26. The number of imidazole rings is 1. The first kappa shape index (κ1) is 11.0. The minimum atomic E-state index is 0.764. The van der Waals surface area contributed by atoms with Crippen molar-refractivity contribution < 1.29 is 0 Å². The number of hydrogen-bond acceptors (Lipinski definition) is 2. The monoisotopic (exact) mass is 237 g/mol. The molecule has 0 fully saturated rings. The number of benzene rings is 1. The lowest BCUT2D eigenvalue weighted by Crippen LogP contribution is -2.00. The molecule has 0 aliphatic heterocycles. The zero-order valence-corrected chi connectivity index (χ0v) is 10.6. The minimum absolute atomic E-state index is 0.764. The summed E-state index contributed by atoms with van der Waals surface area (Å²) < 4.78 is 2.14. The quantitative estimate of drug-likeness (QED) is 0.685. The molecule has 0 unspecified atom stereocenters. The average molecular weight is 237 g/mol. The molecule has 0 saturated carbocycles. The van der Waals surface area contributed by atoms with Crippen molar-refractivity contribution in [1.82, 2.24) is 14.5 Å². The van der Waals surface area contributed by atoms with E-state index in [1.807, 2.05) is 30.7 Å². The molecule has 0 bridgehead atoms. The van der Waals surface area contributed by atoms with Crippen molar-refractivity contribution in [1.29, 1.82) is 0 Å². The van der Waals surface area contributed by atoms with Crippen LogP contribution in [0.3, 0.4) is 0 Å². The molecule has 0 N–H and O–H groups in total. The molecule has 0 aliphatic carbocycles. The summed E-state index contributed by atoms with van der Waals surface area (Å²) in [6.07, 6.45) is 3.71. The summed E-state index contributed by atoms with van der Waals surface area (Å²) in [5.74, 6) is 0. The number of hydrogen-bond donors (Lipinski definition) is 0. The standard InChI is InChI=1S/C15H15N3/c1-11-7-14-15(8-12(11)2)18(10-17-14)9-13-5-3-4-6-16-13/h3-8,10H,9H2,1-2H3. The van der Waals surface area contributed by atoms with Gasteiger partial charge in [0, 0.05) is 6.20 Å². The molecular weight excluding hydrogens is 222 g/mol. The van der Waals surface area contributed by atoms with Gasteiger partial charge in [-0.1, -0.05) is 6.07 Å². The Balaban J connectivity index is 2.05. The van der Waals surface area contributed by atoms with Crippen LogP contribution in [-0.2, 0) is 6.54 Å². The van der Waals surface area contributed by atoms with Crippen LogP contribution in [-0.4, -0.2) is 14.5 Å². The third-order valence-corrected chi connectivity index (χ3v) is 3.30. The van der Waals surface area contributed by atoms with E-state index in [4.69, 9.17) is 0 Å². The Morgan fingerprint density at radius 3 is 2.67 bits per heavy atom. The average Bonchev–Trinajstić information content (AvgIpc) is 2.74. The SMILES string of the molecule is Cc1cc2ncn(Cc3ccccn3)c2cc1C. The molecule has 3 nitrogen and oxygen atoms in total. The van der Waals surface area contributed by atoms with Gasteiger partial charge in [0.2, 0.25) is 0 Å². The lowest BCUT2D eigenvalue weighted by Gasteiger charge is -2.05. The van der Waals surface area contributed by atoms with E-state index >= 15 is 0 Å². The van der Waals surface area contributed by atoms with Gasteiger partial charge < -0.3 is 4.57 Å². The smallest absolute Gasteiger partial charge is 0.0962 e. The Hall–Kier alpha value is -2.16. The Morgan fingerprint density at radius 1 is 1.06 bits per heavy atom. The summed E-state index contributed by atoms with van der Waals surface area (Å²) in [4.78, 5) is 8.80. The van der Waals surface area contributed by atoms with Crippen LogP contribution < -0.4 is 0 Å². The largest absolute Gasteiger partial charge is 0.324 e. The summed E-state index contributed by atoms with van der Waals surface area (Å²) in [7, 11) is 0.